The number of nitrogens with zero attached hydrogens (tertiary/aromatic N) is 4. The predicted molar refractivity (Wildman–Crippen MR) is 119 cm³/mol. The van der Waals surface area contributed by atoms with Crippen LogP contribution < -0.4 is 15.2 Å². The maximum absolute atomic E-state index is 12.8. The van der Waals surface area contributed by atoms with Crippen molar-refractivity contribution in [2.45, 2.75) is 13.8 Å². The Labute approximate surface area is 177 Å². The van der Waals surface area contributed by atoms with E-state index < -0.39 is 0 Å². The lowest BCUT2D eigenvalue weighted by molar-refractivity contribution is -0.112. The number of methoxy groups -OCH3 is 1. The summed E-state index contributed by atoms with van der Waals surface area (Å²) in [6, 6.07) is 12.7. The van der Waals surface area contributed by atoms with E-state index in [1.54, 1.807) is 19.1 Å². The second kappa shape index (κ2) is 7.96. The molecule has 1 aliphatic heterocycles. The van der Waals surface area contributed by atoms with Crippen LogP contribution in [0.3, 0.4) is 0 Å². The summed E-state index contributed by atoms with van der Waals surface area (Å²) in [7, 11) is 1.46. The summed E-state index contributed by atoms with van der Waals surface area (Å²) < 4.78 is 5.08. The highest BCUT2D eigenvalue weighted by Gasteiger charge is 2.32. The maximum Gasteiger partial charge on any atom is 0.303 e. The number of ether oxygens (including phenoxy) is 1. The molecule has 152 valence electrons. The number of hydrogen-bond donors (Lipinski definition) is 2. The van der Waals surface area contributed by atoms with Crippen LogP contribution in [0.4, 0.5) is 10.8 Å². The van der Waals surface area contributed by atoms with Gasteiger partial charge in [0.05, 0.1) is 24.2 Å². The molecule has 1 aromatic heterocycles. The second-order valence-electron chi connectivity index (χ2n) is 6.64. The zero-order chi connectivity index (χ0) is 21.3. The molecule has 0 saturated heterocycles. The first-order valence-electron chi connectivity index (χ1n) is 9.09. The normalized spacial score (nSPS) is 14.9. The van der Waals surface area contributed by atoms with Crippen molar-refractivity contribution in [3.05, 3.63) is 53.4 Å². The third-order valence-corrected chi connectivity index (χ3v) is 5.30. The lowest BCUT2D eigenvalue weighted by Gasteiger charge is -2.08. The average molecular weight is 421 g/mol. The number of anilines is 2. The fourth-order valence-electron chi connectivity index (χ4n) is 2.84. The summed E-state index contributed by atoms with van der Waals surface area (Å²) >= 11 is 1.34. The molecule has 2 heterocycles. The molecule has 30 heavy (non-hydrogen) atoms. The van der Waals surface area contributed by atoms with E-state index in [1.807, 2.05) is 36.6 Å². The van der Waals surface area contributed by atoms with Crippen LogP contribution in [0.25, 0.3) is 11.3 Å². The molecule has 0 bridgehead atoms. The largest absolute Gasteiger partial charge is 0.504 e. The van der Waals surface area contributed by atoms with Crippen LogP contribution in [0.5, 0.6) is 11.5 Å². The second-order valence-corrected chi connectivity index (χ2v) is 7.48. The standard InChI is InChI=1S/C21H19N5O3S/c1-12-4-6-14(7-5-12)16-11-30-21(22-16)26-20(28)19(13(2)25-26)24-23-15-8-9-17(27)18(10-15)29-3/h4-11,23,27H,1-3H3/b24-19-. The molecule has 3 aromatic rings. The third-order valence-electron chi connectivity index (χ3n) is 4.48. The van der Waals surface area contributed by atoms with Crippen molar-refractivity contribution < 1.29 is 14.6 Å². The Morgan fingerprint density at radius 3 is 2.67 bits per heavy atom. The van der Waals surface area contributed by atoms with E-state index >= 15 is 0 Å². The van der Waals surface area contributed by atoms with E-state index in [2.05, 4.69) is 20.6 Å². The lowest BCUT2D eigenvalue weighted by atomic mass is 10.1. The molecule has 0 radical (unpaired) electrons. The Morgan fingerprint density at radius 1 is 1.17 bits per heavy atom. The fourth-order valence-corrected chi connectivity index (χ4v) is 3.62. The minimum Gasteiger partial charge on any atom is -0.504 e. The van der Waals surface area contributed by atoms with Crippen LogP contribution in [0, 0.1) is 6.92 Å². The zero-order valence-corrected chi connectivity index (χ0v) is 17.4. The SMILES string of the molecule is COc1cc(N/N=C2\C(=O)N(c3nc(-c4ccc(C)cc4)cs3)N=C2C)ccc1O. The first kappa shape index (κ1) is 19.6. The van der Waals surface area contributed by atoms with E-state index in [4.69, 9.17) is 4.74 Å². The van der Waals surface area contributed by atoms with Crippen LogP contribution in [0.1, 0.15) is 12.5 Å². The molecule has 8 nitrogen and oxygen atoms in total. The van der Waals surface area contributed by atoms with Crippen molar-refractivity contribution in [1.29, 1.82) is 0 Å². The molecule has 4 rings (SSSR count). The molecule has 0 atom stereocenters. The molecule has 0 unspecified atom stereocenters. The van der Waals surface area contributed by atoms with Gasteiger partial charge in [0.1, 0.15) is 0 Å². The first-order chi connectivity index (χ1) is 14.5. The number of aromatic nitrogens is 1. The molecule has 2 N–H and O–H groups in total. The molecule has 1 amide bonds. The Hall–Kier alpha value is -3.72. The van der Waals surface area contributed by atoms with E-state index in [9.17, 15) is 9.90 Å². The van der Waals surface area contributed by atoms with Crippen LogP contribution in [0.15, 0.2) is 58.0 Å². The lowest BCUT2D eigenvalue weighted by Crippen LogP contribution is -2.27. The number of phenolic OH excluding ortho intramolecular Hbond substituents is 1. The van der Waals surface area contributed by atoms with E-state index in [0.29, 0.717) is 22.3 Å². The number of rotatable bonds is 5. The maximum atomic E-state index is 12.8. The van der Waals surface area contributed by atoms with Crippen molar-refractivity contribution >= 4 is 39.5 Å². The molecule has 9 heteroatoms. The van der Waals surface area contributed by atoms with Gasteiger partial charge in [0, 0.05) is 17.0 Å². The van der Waals surface area contributed by atoms with Gasteiger partial charge in [0.25, 0.3) is 0 Å². The number of hydrogen-bond acceptors (Lipinski definition) is 8. The number of phenols is 1. The Balaban J connectivity index is 1.54. The van der Waals surface area contributed by atoms with Crippen molar-refractivity contribution in [3.63, 3.8) is 0 Å². The van der Waals surface area contributed by atoms with Crippen LogP contribution in [0.2, 0.25) is 0 Å². The van der Waals surface area contributed by atoms with Gasteiger partial charge in [-0.3, -0.25) is 10.2 Å². The first-order valence-corrected chi connectivity index (χ1v) is 9.97. The van der Waals surface area contributed by atoms with Crippen molar-refractivity contribution in [1.82, 2.24) is 4.98 Å². The highest BCUT2D eigenvalue weighted by atomic mass is 32.1. The Kier molecular flexibility index (Phi) is 5.20. The van der Waals surface area contributed by atoms with Crippen LogP contribution >= 0.6 is 11.3 Å². The summed E-state index contributed by atoms with van der Waals surface area (Å²) in [6.45, 7) is 3.74. The van der Waals surface area contributed by atoms with Crippen molar-refractivity contribution in [2.24, 2.45) is 10.2 Å². The van der Waals surface area contributed by atoms with Crippen molar-refractivity contribution in [3.8, 4) is 22.8 Å². The van der Waals surface area contributed by atoms with Gasteiger partial charge in [-0.1, -0.05) is 29.8 Å². The summed E-state index contributed by atoms with van der Waals surface area (Å²) in [6.07, 6.45) is 0. The van der Waals surface area contributed by atoms with Gasteiger partial charge in [0.2, 0.25) is 5.13 Å². The van der Waals surface area contributed by atoms with Gasteiger partial charge < -0.3 is 9.84 Å². The number of aromatic hydroxyl groups is 1. The van der Waals surface area contributed by atoms with Crippen molar-refractivity contribution in [2.75, 3.05) is 17.5 Å². The predicted octanol–water partition coefficient (Wildman–Crippen LogP) is 4.02. The number of aryl methyl sites for hydroxylation is 1. The van der Waals surface area contributed by atoms with Gasteiger partial charge in [-0.15, -0.1) is 11.3 Å². The number of amides is 1. The molecule has 0 saturated carbocycles. The summed E-state index contributed by atoms with van der Waals surface area (Å²) in [5, 5.41) is 21.8. The summed E-state index contributed by atoms with van der Waals surface area (Å²) in [5.41, 5.74) is 6.97. The number of hydrazone groups is 2. The Bertz CT molecular complexity index is 1170. The quantitative estimate of drug-likeness (QED) is 0.479. The fraction of sp³-hybridized carbons (Fsp3) is 0.143. The highest BCUT2D eigenvalue weighted by Crippen LogP contribution is 2.30. The van der Waals surface area contributed by atoms with E-state index in [0.717, 1.165) is 11.3 Å². The zero-order valence-electron chi connectivity index (χ0n) is 16.6. The molecule has 0 spiro atoms. The molecule has 2 aromatic carbocycles. The summed E-state index contributed by atoms with van der Waals surface area (Å²) in [5.74, 6) is -0.0448. The van der Waals surface area contributed by atoms with Gasteiger partial charge in [-0.05, 0) is 26.0 Å². The van der Waals surface area contributed by atoms with Crippen LogP contribution in [-0.2, 0) is 4.79 Å². The van der Waals surface area contributed by atoms with Crippen LogP contribution in [-0.4, -0.2) is 34.5 Å². The molecule has 0 aliphatic carbocycles. The smallest absolute Gasteiger partial charge is 0.303 e. The third kappa shape index (κ3) is 3.74. The minimum absolute atomic E-state index is 0.0183. The Morgan fingerprint density at radius 2 is 1.93 bits per heavy atom. The van der Waals surface area contributed by atoms with Gasteiger partial charge in [0.15, 0.2) is 17.2 Å². The number of benzene rings is 2. The average Bonchev–Trinajstić information content (AvgIpc) is 3.33. The van der Waals surface area contributed by atoms with E-state index in [1.165, 1.54) is 35.1 Å². The summed E-state index contributed by atoms with van der Waals surface area (Å²) in [4.78, 5) is 17.4. The van der Waals surface area contributed by atoms with Gasteiger partial charge in [-0.25, -0.2) is 4.98 Å². The molecule has 1 aliphatic rings. The highest BCUT2D eigenvalue weighted by molar-refractivity contribution is 7.14. The number of carbonyl (C=O) groups is 1. The number of nitrogens with one attached hydrogen (secondary N) is 1. The van der Waals surface area contributed by atoms with Gasteiger partial charge >= 0.3 is 5.91 Å². The van der Waals surface area contributed by atoms with Gasteiger partial charge in [-0.2, -0.15) is 15.2 Å². The topological polar surface area (TPSA) is 99.4 Å². The monoisotopic (exact) mass is 421 g/mol. The molecular weight excluding hydrogens is 402 g/mol. The van der Waals surface area contributed by atoms with E-state index in [-0.39, 0.29) is 17.4 Å². The minimum atomic E-state index is -0.365. The number of carbonyl (C=O) groups excluding carboxylic acids is 1. The number of thiazole rings is 1. The molecular formula is C21H19N5O3S. The molecule has 0 fully saturated rings.